The smallest absolute Gasteiger partial charge is 0.189 e. The standard InChI is InChI=1S/C32H20N4O2.C2H6/c1-3-11-21(12-4-1)35-25-19-20-26-30-29(25)33-31(35)23-15-7-9-17-27(23)37-38-28-18-10-8-16-24(28)32(34-30)36(26)22-13-5-2-6-14-22;1-2/h1-20H;1-2H3. The molecule has 0 aliphatic carbocycles. The first-order valence-corrected chi connectivity index (χ1v) is 13.4. The molecule has 8 aromatic rings. The molecule has 0 fully saturated rings. The van der Waals surface area contributed by atoms with Crippen molar-refractivity contribution >= 4 is 55.3 Å². The van der Waals surface area contributed by atoms with Crippen LogP contribution in [0.15, 0.2) is 130 Å². The number of fused-ring (bicyclic) bond motifs is 6. The molecule has 4 bridgehead atoms. The van der Waals surface area contributed by atoms with Crippen LogP contribution in [0.5, 0.6) is 0 Å². The molecule has 0 unspecified atom stereocenters. The van der Waals surface area contributed by atoms with Gasteiger partial charge in [-0.2, -0.15) is 0 Å². The molecular formula is C34H26N4O2. The Hall–Kier alpha value is -5.36. The molecule has 0 radical (unpaired) electrons. The zero-order valence-electron chi connectivity index (χ0n) is 22.2. The van der Waals surface area contributed by atoms with Crippen molar-refractivity contribution in [1.29, 1.82) is 0 Å². The van der Waals surface area contributed by atoms with Gasteiger partial charge in [0, 0.05) is 11.4 Å². The number of hydrogen-bond donors (Lipinski definition) is 0. The van der Waals surface area contributed by atoms with Crippen LogP contribution in [-0.2, 0) is 0 Å². The second-order valence-electron chi connectivity index (χ2n) is 9.17. The molecule has 0 aliphatic heterocycles. The maximum atomic E-state index is 6.02. The summed E-state index contributed by atoms with van der Waals surface area (Å²) in [6.07, 6.45) is 0. The number of aromatic nitrogens is 4. The second-order valence-corrected chi connectivity index (χ2v) is 9.17. The van der Waals surface area contributed by atoms with Crippen molar-refractivity contribution in [3.05, 3.63) is 121 Å². The molecule has 0 saturated heterocycles. The predicted molar refractivity (Wildman–Crippen MR) is 162 cm³/mol. The molecule has 0 N–H and O–H groups in total. The van der Waals surface area contributed by atoms with Crippen LogP contribution in [0.1, 0.15) is 13.8 Å². The van der Waals surface area contributed by atoms with Gasteiger partial charge in [-0.1, -0.05) is 74.5 Å². The second kappa shape index (κ2) is 9.75. The van der Waals surface area contributed by atoms with Gasteiger partial charge in [-0.25, -0.2) is 9.97 Å². The average Bonchev–Trinajstić information content (AvgIpc) is 3.61. The molecule has 0 saturated carbocycles. The van der Waals surface area contributed by atoms with Gasteiger partial charge in [0.1, 0.15) is 22.3 Å². The molecule has 40 heavy (non-hydrogen) atoms. The highest BCUT2D eigenvalue weighted by atomic mass is 17.0. The molecule has 3 aromatic heterocycles. The summed E-state index contributed by atoms with van der Waals surface area (Å²) in [5.41, 5.74) is 8.24. The van der Waals surface area contributed by atoms with Crippen LogP contribution in [0, 0.1) is 0 Å². The summed E-state index contributed by atoms with van der Waals surface area (Å²) in [6.45, 7) is 4.00. The lowest BCUT2D eigenvalue weighted by Crippen LogP contribution is -1.95. The Labute approximate surface area is 230 Å². The summed E-state index contributed by atoms with van der Waals surface area (Å²) in [6, 6.07) is 40.3. The summed E-state index contributed by atoms with van der Waals surface area (Å²) in [4.78, 5) is 10.4. The first-order valence-electron chi connectivity index (χ1n) is 13.4. The molecule has 0 amide bonds. The van der Waals surface area contributed by atoms with Crippen molar-refractivity contribution < 1.29 is 9.15 Å². The van der Waals surface area contributed by atoms with Gasteiger partial charge in [-0.05, 0) is 60.7 Å². The third-order valence-corrected chi connectivity index (χ3v) is 6.96. The van der Waals surface area contributed by atoms with Crippen LogP contribution in [0.3, 0.4) is 0 Å². The lowest BCUT2D eigenvalue weighted by Gasteiger charge is -2.08. The third-order valence-electron chi connectivity index (χ3n) is 6.96. The van der Waals surface area contributed by atoms with E-state index in [4.69, 9.17) is 19.1 Å². The lowest BCUT2D eigenvalue weighted by atomic mass is 10.2. The predicted octanol–water partition coefficient (Wildman–Crippen LogP) is 9.16. The summed E-state index contributed by atoms with van der Waals surface area (Å²) in [7, 11) is 0. The van der Waals surface area contributed by atoms with Gasteiger partial charge in [0.15, 0.2) is 11.2 Å². The minimum atomic E-state index is 0.579. The molecule has 6 heteroatoms. The van der Waals surface area contributed by atoms with Crippen molar-refractivity contribution in [3.63, 3.8) is 0 Å². The largest absolute Gasteiger partial charge is 0.292 e. The minimum absolute atomic E-state index is 0.579. The fourth-order valence-electron chi connectivity index (χ4n) is 5.26. The molecule has 5 aromatic carbocycles. The Morgan fingerprint density at radius 1 is 0.450 bits per heavy atom. The van der Waals surface area contributed by atoms with E-state index < -0.39 is 0 Å². The van der Waals surface area contributed by atoms with Gasteiger partial charge in [-0.3, -0.25) is 18.3 Å². The molecule has 0 spiro atoms. The monoisotopic (exact) mass is 522 g/mol. The summed E-state index contributed by atoms with van der Waals surface area (Å²) >= 11 is 0. The van der Waals surface area contributed by atoms with E-state index in [2.05, 4.69) is 45.5 Å². The normalized spacial score (nSPS) is 11.2. The molecule has 0 atom stereocenters. The van der Waals surface area contributed by atoms with Crippen molar-refractivity contribution in [3.8, 4) is 11.4 Å². The number of rotatable bonds is 2. The maximum absolute atomic E-state index is 6.02. The van der Waals surface area contributed by atoms with Crippen LogP contribution in [0.2, 0.25) is 0 Å². The van der Waals surface area contributed by atoms with E-state index in [9.17, 15) is 0 Å². The van der Waals surface area contributed by atoms with Crippen LogP contribution < -0.4 is 0 Å². The Morgan fingerprint density at radius 3 is 1.25 bits per heavy atom. The van der Waals surface area contributed by atoms with E-state index in [1.54, 1.807) is 0 Å². The molecule has 6 nitrogen and oxygen atoms in total. The van der Waals surface area contributed by atoms with Gasteiger partial charge in [0.05, 0.1) is 21.8 Å². The number of para-hydroxylation sites is 4. The highest BCUT2D eigenvalue weighted by molar-refractivity contribution is 6.09. The van der Waals surface area contributed by atoms with E-state index in [1.807, 2.05) is 98.8 Å². The minimum Gasteiger partial charge on any atom is -0.292 e. The maximum Gasteiger partial charge on any atom is 0.189 e. The van der Waals surface area contributed by atoms with Crippen LogP contribution >= 0.6 is 0 Å². The van der Waals surface area contributed by atoms with Crippen LogP contribution in [0.25, 0.3) is 66.7 Å². The molecule has 0 aliphatic rings. The van der Waals surface area contributed by atoms with Crippen LogP contribution in [0.4, 0.5) is 0 Å². The topological polar surface area (TPSA) is 61.9 Å². The Bertz CT molecular complexity index is 2030. The van der Waals surface area contributed by atoms with Gasteiger partial charge >= 0.3 is 0 Å². The third kappa shape index (κ3) is 3.65. The van der Waals surface area contributed by atoms with Gasteiger partial charge in [-0.15, -0.1) is 0 Å². The fourth-order valence-corrected chi connectivity index (χ4v) is 5.26. The Kier molecular flexibility index (Phi) is 5.78. The highest BCUT2D eigenvalue weighted by Gasteiger charge is 2.19. The number of imidazole rings is 2. The summed E-state index contributed by atoms with van der Waals surface area (Å²) in [5.74, 6) is 0. The molecule has 8 rings (SSSR count). The highest BCUT2D eigenvalue weighted by Crippen LogP contribution is 2.34. The van der Waals surface area contributed by atoms with Gasteiger partial charge in [0.25, 0.3) is 0 Å². The van der Waals surface area contributed by atoms with Gasteiger partial charge < -0.3 is 0 Å². The average molecular weight is 523 g/mol. The number of benzene rings is 5. The fraction of sp³-hybridized carbons (Fsp3) is 0.0588. The van der Waals surface area contributed by atoms with E-state index in [-0.39, 0.29) is 0 Å². The van der Waals surface area contributed by atoms with E-state index in [0.717, 1.165) is 55.5 Å². The zero-order chi connectivity index (χ0) is 27.1. The zero-order valence-corrected chi connectivity index (χ0v) is 22.2. The number of hydrogen-bond acceptors (Lipinski definition) is 4. The van der Waals surface area contributed by atoms with Crippen molar-refractivity contribution in [2.45, 2.75) is 13.8 Å². The summed E-state index contributed by atoms with van der Waals surface area (Å²) in [5, 5.41) is 1.64. The summed E-state index contributed by atoms with van der Waals surface area (Å²) < 4.78 is 16.3. The lowest BCUT2D eigenvalue weighted by molar-refractivity contribution is 0.0912. The van der Waals surface area contributed by atoms with Crippen molar-refractivity contribution in [2.24, 2.45) is 0 Å². The molecular weight excluding hydrogens is 496 g/mol. The van der Waals surface area contributed by atoms with Crippen molar-refractivity contribution in [1.82, 2.24) is 19.1 Å². The SMILES string of the molecule is CC.c1ccc(-n2c3ccc4c5nc(c6ccccc6ooc6ccccc6c2nc53)n4-c2ccccc2)cc1. The first-order chi connectivity index (χ1) is 19.9. The Morgan fingerprint density at radius 2 is 0.825 bits per heavy atom. The van der Waals surface area contributed by atoms with E-state index >= 15 is 0 Å². The Balaban J connectivity index is 0.00000130. The van der Waals surface area contributed by atoms with Crippen molar-refractivity contribution in [2.75, 3.05) is 0 Å². The molecule has 3 heterocycles. The van der Waals surface area contributed by atoms with E-state index in [1.165, 1.54) is 0 Å². The van der Waals surface area contributed by atoms with E-state index in [0.29, 0.717) is 11.2 Å². The quantitative estimate of drug-likeness (QED) is 0.212. The molecule has 194 valence electrons. The van der Waals surface area contributed by atoms with Gasteiger partial charge in [0.2, 0.25) is 0 Å². The van der Waals surface area contributed by atoms with Crippen LogP contribution in [-0.4, -0.2) is 19.1 Å². The first kappa shape index (κ1) is 23.7. The number of nitrogens with zero attached hydrogens (tertiary/aromatic N) is 4.